The smallest absolute Gasteiger partial charge is 0.155 e. The van der Waals surface area contributed by atoms with Gasteiger partial charge in [0, 0.05) is 13.1 Å². The average Bonchev–Trinajstić information content (AvgIpc) is 2.63. The van der Waals surface area contributed by atoms with E-state index in [1.807, 2.05) is 6.07 Å². The Labute approximate surface area is 123 Å². The highest BCUT2D eigenvalue weighted by molar-refractivity contribution is 14.1. The molecule has 3 heterocycles. The summed E-state index contributed by atoms with van der Waals surface area (Å²) in [6.45, 7) is 0.783. The molecule has 0 aromatic carbocycles. The van der Waals surface area contributed by atoms with E-state index in [4.69, 9.17) is 0 Å². The first kappa shape index (κ1) is 13.1. The van der Waals surface area contributed by atoms with Crippen LogP contribution in [0.15, 0.2) is 12.4 Å². The molecule has 0 spiro atoms. The van der Waals surface area contributed by atoms with E-state index in [1.54, 1.807) is 5.01 Å². The van der Waals surface area contributed by atoms with E-state index < -0.39 is 9.84 Å². The van der Waals surface area contributed by atoms with Crippen molar-refractivity contribution in [1.29, 1.82) is 0 Å². The van der Waals surface area contributed by atoms with Gasteiger partial charge in [-0.1, -0.05) is 0 Å². The lowest BCUT2D eigenvalue weighted by Gasteiger charge is -2.21. The highest BCUT2D eigenvalue weighted by atomic mass is 127. The molecule has 0 radical (unpaired) electrons. The van der Waals surface area contributed by atoms with Crippen molar-refractivity contribution < 1.29 is 8.42 Å². The Bertz CT molecular complexity index is 714. The minimum absolute atomic E-state index is 0.132. The third kappa shape index (κ3) is 2.67. The van der Waals surface area contributed by atoms with Gasteiger partial charge in [-0.25, -0.2) is 23.8 Å². The maximum atomic E-state index is 11.6. The first-order valence-corrected chi connectivity index (χ1v) is 8.66. The molecule has 1 saturated heterocycles. The molecular weight excluding hydrogens is 381 g/mol. The van der Waals surface area contributed by atoms with Crippen LogP contribution in [0.2, 0.25) is 0 Å². The van der Waals surface area contributed by atoms with Crippen LogP contribution in [-0.4, -0.2) is 48.0 Å². The fraction of sp³-hybridized carbons (Fsp3) is 0.400. The van der Waals surface area contributed by atoms with E-state index in [-0.39, 0.29) is 11.5 Å². The molecule has 9 heteroatoms. The zero-order valence-corrected chi connectivity index (χ0v) is 12.9. The number of halogens is 1. The number of hydrazine groups is 1. The molecule has 0 amide bonds. The Morgan fingerprint density at radius 2 is 2.16 bits per heavy atom. The van der Waals surface area contributed by atoms with Crippen molar-refractivity contribution in [1.82, 2.24) is 20.4 Å². The van der Waals surface area contributed by atoms with Crippen LogP contribution in [0.4, 0.5) is 5.82 Å². The topological polar surface area (TPSA) is 91.0 Å². The van der Waals surface area contributed by atoms with Gasteiger partial charge in [-0.2, -0.15) is 0 Å². The minimum atomic E-state index is -2.97. The lowest BCUT2D eigenvalue weighted by Crippen LogP contribution is -2.39. The Morgan fingerprint density at radius 1 is 1.32 bits per heavy atom. The summed E-state index contributed by atoms with van der Waals surface area (Å²) in [7, 11) is -2.97. The molecule has 102 valence electrons. The van der Waals surface area contributed by atoms with Gasteiger partial charge in [0.1, 0.15) is 12.0 Å². The van der Waals surface area contributed by atoms with Crippen molar-refractivity contribution in [3.8, 4) is 0 Å². The molecule has 7 nitrogen and oxygen atoms in total. The van der Waals surface area contributed by atoms with Gasteiger partial charge in [0.15, 0.2) is 15.7 Å². The van der Waals surface area contributed by atoms with Crippen molar-refractivity contribution in [3.05, 3.63) is 16.1 Å². The van der Waals surface area contributed by atoms with Gasteiger partial charge in [-0.05, 0) is 28.7 Å². The third-order valence-electron chi connectivity index (χ3n) is 2.97. The van der Waals surface area contributed by atoms with Gasteiger partial charge < -0.3 is 4.98 Å². The second-order valence-electron chi connectivity index (χ2n) is 4.29. The standard InChI is InChI=1S/C10H12IN5O2S/c11-8-5-7-9(15-8)12-6-13-10(7)16-2-4-19(17,18)3-1-14-16/h5-6,14H,1-4H2,(H,12,13,15). The van der Waals surface area contributed by atoms with E-state index >= 15 is 0 Å². The van der Waals surface area contributed by atoms with Crippen LogP contribution in [0.1, 0.15) is 0 Å². The highest BCUT2D eigenvalue weighted by Crippen LogP contribution is 2.23. The number of rotatable bonds is 1. The van der Waals surface area contributed by atoms with Gasteiger partial charge in [-0.3, -0.25) is 5.01 Å². The van der Waals surface area contributed by atoms with Crippen LogP contribution in [0.5, 0.6) is 0 Å². The van der Waals surface area contributed by atoms with E-state index in [0.717, 1.165) is 14.7 Å². The van der Waals surface area contributed by atoms with Crippen molar-refractivity contribution >= 4 is 49.3 Å². The number of H-pyrrole nitrogens is 1. The number of hydrogen-bond acceptors (Lipinski definition) is 6. The van der Waals surface area contributed by atoms with E-state index in [0.29, 0.717) is 18.9 Å². The minimum Gasteiger partial charge on any atom is -0.335 e. The first-order valence-electron chi connectivity index (χ1n) is 5.76. The van der Waals surface area contributed by atoms with E-state index in [1.165, 1.54) is 6.33 Å². The van der Waals surface area contributed by atoms with Crippen LogP contribution in [-0.2, 0) is 9.84 Å². The van der Waals surface area contributed by atoms with E-state index in [9.17, 15) is 8.42 Å². The maximum absolute atomic E-state index is 11.6. The third-order valence-corrected chi connectivity index (χ3v) is 5.18. The number of fused-ring (bicyclic) bond motifs is 1. The van der Waals surface area contributed by atoms with Gasteiger partial charge in [0.25, 0.3) is 0 Å². The SMILES string of the molecule is O=S1(=O)CCNN(c2ncnc3[nH]c(I)cc23)CC1. The molecule has 1 fully saturated rings. The van der Waals surface area contributed by atoms with E-state index in [2.05, 4.69) is 43.0 Å². The number of aromatic amines is 1. The molecule has 3 rings (SSSR count). The Morgan fingerprint density at radius 3 is 3.00 bits per heavy atom. The van der Waals surface area contributed by atoms with Crippen molar-refractivity contribution in [3.63, 3.8) is 0 Å². The number of anilines is 1. The Kier molecular flexibility index (Phi) is 3.35. The molecule has 1 aliphatic heterocycles. The van der Waals surface area contributed by atoms with Gasteiger partial charge >= 0.3 is 0 Å². The summed E-state index contributed by atoms with van der Waals surface area (Å²) in [5.74, 6) is 0.997. The molecule has 0 unspecified atom stereocenters. The summed E-state index contributed by atoms with van der Waals surface area (Å²) in [5, 5.41) is 2.68. The second kappa shape index (κ2) is 4.87. The van der Waals surface area contributed by atoms with Gasteiger partial charge in [0.2, 0.25) is 0 Å². The molecule has 2 aromatic rings. The average molecular weight is 393 g/mol. The lowest BCUT2D eigenvalue weighted by molar-refractivity contribution is 0.597. The predicted molar refractivity (Wildman–Crippen MR) is 80.6 cm³/mol. The van der Waals surface area contributed by atoms with Gasteiger partial charge in [-0.15, -0.1) is 0 Å². The number of nitrogens with one attached hydrogen (secondary N) is 2. The number of aromatic nitrogens is 3. The number of nitrogens with zero attached hydrogens (tertiary/aromatic N) is 3. The monoisotopic (exact) mass is 393 g/mol. The summed E-state index contributed by atoms with van der Waals surface area (Å²) in [6, 6.07) is 1.95. The zero-order valence-electron chi connectivity index (χ0n) is 9.93. The van der Waals surface area contributed by atoms with Crippen molar-refractivity contribution in [2.45, 2.75) is 0 Å². The summed E-state index contributed by atoms with van der Waals surface area (Å²) >= 11 is 2.18. The van der Waals surface area contributed by atoms with Crippen LogP contribution < -0.4 is 10.4 Å². The van der Waals surface area contributed by atoms with Crippen molar-refractivity contribution in [2.75, 3.05) is 29.6 Å². The molecule has 2 aromatic heterocycles. The lowest BCUT2D eigenvalue weighted by atomic mass is 10.3. The largest absolute Gasteiger partial charge is 0.335 e. The molecule has 0 atom stereocenters. The molecular formula is C10H12IN5O2S. The number of hydrogen-bond donors (Lipinski definition) is 2. The molecule has 2 N–H and O–H groups in total. The van der Waals surface area contributed by atoms with Crippen LogP contribution >= 0.6 is 22.6 Å². The Balaban J connectivity index is 2.00. The van der Waals surface area contributed by atoms with Crippen LogP contribution in [0, 0.1) is 3.70 Å². The quantitative estimate of drug-likeness (QED) is 0.678. The van der Waals surface area contributed by atoms with Crippen LogP contribution in [0.25, 0.3) is 11.0 Å². The van der Waals surface area contributed by atoms with Crippen molar-refractivity contribution in [2.24, 2.45) is 0 Å². The molecule has 0 saturated carbocycles. The van der Waals surface area contributed by atoms with Crippen LogP contribution in [0.3, 0.4) is 0 Å². The molecule has 19 heavy (non-hydrogen) atoms. The molecule has 0 aliphatic carbocycles. The number of sulfone groups is 1. The summed E-state index contributed by atoms with van der Waals surface area (Å²) < 4.78 is 24.2. The Hall–Kier alpha value is -0.940. The molecule has 1 aliphatic rings. The predicted octanol–water partition coefficient (Wildman–Crippen LogP) is 0.302. The molecule has 0 bridgehead atoms. The normalized spacial score (nSPS) is 19.5. The maximum Gasteiger partial charge on any atom is 0.155 e. The summed E-state index contributed by atoms with van der Waals surface area (Å²) in [6.07, 6.45) is 1.48. The fourth-order valence-corrected chi connectivity index (χ4v) is 3.67. The zero-order chi connectivity index (χ0) is 13.5. The fourth-order valence-electron chi connectivity index (χ4n) is 2.04. The second-order valence-corrected chi connectivity index (χ2v) is 7.75. The summed E-state index contributed by atoms with van der Waals surface area (Å²) in [5.41, 5.74) is 3.86. The first-order chi connectivity index (χ1) is 9.05. The highest BCUT2D eigenvalue weighted by Gasteiger charge is 2.21. The summed E-state index contributed by atoms with van der Waals surface area (Å²) in [4.78, 5) is 11.6. The van der Waals surface area contributed by atoms with Gasteiger partial charge in [0.05, 0.1) is 20.6 Å².